The molecular formula is C14H21N3O3. The van der Waals surface area contributed by atoms with Gasteiger partial charge < -0.3 is 15.0 Å². The fourth-order valence-corrected chi connectivity index (χ4v) is 1.65. The second-order valence-electron chi connectivity index (χ2n) is 4.38. The molecule has 0 aliphatic carbocycles. The Balaban J connectivity index is 2.29. The van der Waals surface area contributed by atoms with Gasteiger partial charge >= 0.3 is 0 Å². The van der Waals surface area contributed by atoms with E-state index < -0.39 is 0 Å². The molecule has 0 aromatic carbocycles. The zero-order chi connectivity index (χ0) is 14.8. The SMILES string of the molecule is COCCN(CCC(=O)NCc1ccncc1)C(C)=O. The minimum Gasteiger partial charge on any atom is -0.383 e. The summed E-state index contributed by atoms with van der Waals surface area (Å²) in [5.74, 6) is -0.130. The van der Waals surface area contributed by atoms with Crippen LogP contribution in [0.3, 0.4) is 0 Å². The van der Waals surface area contributed by atoms with Crippen molar-refractivity contribution in [2.45, 2.75) is 19.9 Å². The number of carbonyl (C=O) groups excluding carboxylic acids is 2. The van der Waals surface area contributed by atoms with E-state index in [9.17, 15) is 9.59 Å². The number of amides is 2. The van der Waals surface area contributed by atoms with Crippen LogP contribution in [0, 0.1) is 0 Å². The molecule has 2 amide bonds. The summed E-state index contributed by atoms with van der Waals surface area (Å²) in [6.07, 6.45) is 3.65. The van der Waals surface area contributed by atoms with Crippen LogP contribution in [-0.4, -0.2) is 48.5 Å². The van der Waals surface area contributed by atoms with E-state index in [2.05, 4.69) is 10.3 Å². The number of hydrogen-bond donors (Lipinski definition) is 1. The van der Waals surface area contributed by atoms with Gasteiger partial charge in [-0.1, -0.05) is 0 Å². The van der Waals surface area contributed by atoms with Gasteiger partial charge in [0.15, 0.2) is 0 Å². The number of pyridine rings is 1. The first-order valence-electron chi connectivity index (χ1n) is 6.53. The maximum absolute atomic E-state index is 11.7. The average molecular weight is 279 g/mol. The molecule has 6 nitrogen and oxygen atoms in total. The van der Waals surface area contributed by atoms with Gasteiger partial charge in [0.1, 0.15) is 0 Å². The van der Waals surface area contributed by atoms with Crippen LogP contribution in [0.5, 0.6) is 0 Å². The van der Waals surface area contributed by atoms with Gasteiger partial charge in [0.05, 0.1) is 6.61 Å². The van der Waals surface area contributed by atoms with Crippen LogP contribution in [0.1, 0.15) is 18.9 Å². The van der Waals surface area contributed by atoms with Crippen molar-refractivity contribution in [3.8, 4) is 0 Å². The van der Waals surface area contributed by atoms with Crippen molar-refractivity contribution in [1.82, 2.24) is 15.2 Å². The smallest absolute Gasteiger partial charge is 0.222 e. The first-order chi connectivity index (χ1) is 9.63. The normalized spacial score (nSPS) is 10.1. The molecule has 0 aliphatic rings. The average Bonchev–Trinajstić information content (AvgIpc) is 2.46. The molecule has 1 aromatic rings. The van der Waals surface area contributed by atoms with E-state index in [-0.39, 0.29) is 18.2 Å². The molecule has 0 radical (unpaired) electrons. The predicted molar refractivity (Wildman–Crippen MR) is 74.8 cm³/mol. The lowest BCUT2D eigenvalue weighted by molar-refractivity contribution is -0.130. The van der Waals surface area contributed by atoms with Crippen LogP contribution >= 0.6 is 0 Å². The van der Waals surface area contributed by atoms with Crippen molar-refractivity contribution in [3.63, 3.8) is 0 Å². The van der Waals surface area contributed by atoms with Gasteiger partial charge in [-0.2, -0.15) is 0 Å². The van der Waals surface area contributed by atoms with Crippen LogP contribution in [-0.2, 0) is 20.9 Å². The van der Waals surface area contributed by atoms with Gasteiger partial charge in [0.2, 0.25) is 11.8 Å². The van der Waals surface area contributed by atoms with E-state index in [0.29, 0.717) is 26.2 Å². The van der Waals surface area contributed by atoms with Crippen molar-refractivity contribution in [2.24, 2.45) is 0 Å². The van der Waals surface area contributed by atoms with Crippen LogP contribution in [0.25, 0.3) is 0 Å². The number of ether oxygens (including phenoxy) is 1. The Labute approximate surface area is 119 Å². The molecule has 0 unspecified atom stereocenters. The molecule has 0 aliphatic heterocycles. The van der Waals surface area contributed by atoms with Gasteiger partial charge in [0, 0.05) is 52.5 Å². The summed E-state index contributed by atoms with van der Waals surface area (Å²) >= 11 is 0. The quantitative estimate of drug-likeness (QED) is 0.755. The van der Waals surface area contributed by atoms with Crippen molar-refractivity contribution in [2.75, 3.05) is 26.8 Å². The molecule has 6 heteroatoms. The third kappa shape index (κ3) is 6.29. The number of rotatable bonds is 8. The number of aromatic nitrogens is 1. The van der Waals surface area contributed by atoms with E-state index in [1.165, 1.54) is 6.92 Å². The second-order valence-corrected chi connectivity index (χ2v) is 4.38. The van der Waals surface area contributed by atoms with E-state index in [1.54, 1.807) is 24.4 Å². The highest BCUT2D eigenvalue weighted by atomic mass is 16.5. The summed E-state index contributed by atoms with van der Waals surface area (Å²) in [4.78, 5) is 28.6. The highest BCUT2D eigenvalue weighted by Crippen LogP contribution is 1.97. The third-order valence-electron chi connectivity index (χ3n) is 2.86. The Bertz CT molecular complexity index is 423. The molecule has 1 aromatic heterocycles. The van der Waals surface area contributed by atoms with Gasteiger partial charge in [-0.3, -0.25) is 14.6 Å². The minimum atomic E-state index is -0.0783. The molecule has 20 heavy (non-hydrogen) atoms. The first kappa shape index (κ1) is 16.1. The molecule has 1 heterocycles. The van der Waals surface area contributed by atoms with Gasteiger partial charge in [0.25, 0.3) is 0 Å². The lowest BCUT2D eigenvalue weighted by Crippen LogP contribution is -2.35. The molecule has 1 rings (SSSR count). The zero-order valence-electron chi connectivity index (χ0n) is 12.0. The standard InChI is InChI=1S/C14H21N3O3/c1-12(18)17(9-10-20-2)8-5-14(19)16-11-13-3-6-15-7-4-13/h3-4,6-7H,5,8-11H2,1-2H3,(H,16,19). The maximum atomic E-state index is 11.7. The number of hydrogen-bond acceptors (Lipinski definition) is 4. The number of nitrogens with zero attached hydrogens (tertiary/aromatic N) is 2. The van der Waals surface area contributed by atoms with E-state index in [1.807, 2.05) is 12.1 Å². The summed E-state index contributed by atoms with van der Waals surface area (Å²) in [5.41, 5.74) is 0.996. The Morgan fingerprint density at radius 1 is 1.30 bits per heavy atom. The zero-order valence-corrected chi connectivity index (χ0v) is 12.0. The summed E-state index contributed by atoms with van der Waals surface area (Å²) in [7, 11) is 1.58. The first-order valence-corrected chi connectivity index (χ1v) is 6.53. The Kier molecular flexibility index (Phi) is 7.27. The Morgan fingerprint density at radius 2 is 2.00 bits per heavy atom. The Hall–Kier alpha value is -1.95. The van der Waals surface area contributed by atoms with Crippen LogP contribution in [0.2, 0.25) is 0 Å². The number of carbonyl (C=O) groups is 2. The topological polar surface area (TPSA) is 71.5 Å². The van der Waals surface area contributed by atoms with Crippen LogP contribution < -0.4 is 5.32 Å². The molecule has 0 fully saturated rings. The lowest BCUT2D eigenvalue weighted by atomic mass is 10.2. The predicted octanol–water partition coefficient (Wildman–Crippen LogP) is 0.583. The van der Waals surface area contributed by atoms with E-state index >= 15 is 0 Å². The molecule has 110 valence electrons. The largest absolute Gasteiger partial charge is 0.383 e. The van der Waals surface area contributed by atoms with Gasteiger partial charge in [-0.25, -0.2) is 0 Å². The number of methoxy groups -OCH3 is 1. The Morgan fingerprint density at radius 3 is 2.60 bits per heavy atom. The van der Waals surface area contributed by atoms with Crippen molar-refractivity contribution in [1.29, 1.82) is 0 Å². The van der Waals surface area contributed by atoms with Crippen LogP contribution in [0.4, 0.5) is 0 Å². The summed E-state index contributed by atoms with van der Waals surface area (Å²) in [6, 6.07) is 3.70. The van der Waals surface area contributed by atoms with Crippen molar-refractivity contribution < 1.29 is 14.3 Å². The molecule has 0 saturated heterocycles. The second kappa shape index (κ2) is 9.03. The highest BCUT2D eigenvalue weighted by molar-refractivity contribution is 5.78. The van der Waals surface area contributed by atoms with E-state index in [0.717, 1.165) is 5.56 Å². The van der Waals surface area contributed by atoms with Crippen LogP contribution in [0.15, 0.2) is 24.5 Å². The molecule has 0 saturated carbocycles. The van der Waals surface area contributed by atoms with Crippen molar-refractivity contribution in [3.05, 3.63) is 30.1 Å². The molecule has 0 spiro atoms. The maximum Gasteiger partial charge on any atom is 0.222 e. The molecule has 1 N–H and O–H groups in total. The summed E-state index contributed by atoms with van der Waals surface area (Å²) < 4.78 is 4.93. The van der Waals surface area contributed by atoms with E-state index in [4.69, 9.17) is 4.74 Å². The highest BCUT2D eigenvalue weighted by Gasteiger charge is 2.10. The molecule has 0 bridgehead atoms. The monoisotopic (exact) mass is 279 g/mol. The number of nitrogens with one attached hydrogen (secondary N) is 1. The fourth-order valence-electron chi connectivity index (χ4n) is 1.65. The lowest BCUT2D eigenvalue weighted by Gasteiger charge is -2.20. The third-order valence-corrected chi connectivity index (χ3v) is 2.86. The van der Waals surface area contributed by atoms with Crippen molar-refractivity contribution >= 4 is 11.8 Å². The fraction of sp³-hybridized carbons (Fsp3) is 0.500. The molecular weight excluding hydrogens is 258 g/mol. The molecule has 0 atom stereocenters. The summed E-state index contributed by atoms with van der Waals surface area (Å²) in [6.45, 7) is 3.34. The minimum absolute atomic E-state index is 0.0519. The van der Waals surface area contributed by atoms with Gasteiger partial charge in [-0.15, -0.1) is 0 Å². The van der Waals surface area contributed by atoms with Gasteiger partial charge in [-0.05, 0) is 17.7 Å². The summed E-state index contributed by atoms with van der Waals surface area (Å²) in [5, 5.41) is 2.81.